The minimum atomic E-state index is -4.14. The molecule has 0 saturated carbocycles. The van der Waals surface area contributed by atoms with Crippen molar-refractivity contribution < 1.29 is 31.1 Å². The summed E-state index contributed by atoms with van der Waals surface area (Å²) in [5.41, 5.74) is 0.800. The standard InChI is InChI=1S/C27H24N4O7S2/c32-27(29-20-8-11-23(12-9-20)39(33,34)30-21-5-4-14-28-18-21)19-31(40(35,36)24-6-2-1-3-7-24)22-10-13-25-26(17-22)38-16-15-37-25/h1-14,17-18,30H,15-16,19H2,(H,29,32). The first-order valence-corrected chi connectivity index (χ1v) is 14.9. The Morgan fingerprint density at radius 1 is 0.800 bits per heavy atom. The van der Waals surface area contributed by atoms with Gasteiger partial charge in [0.2, 0.25) is 5.91 Å². The third kappa shape index (κ3) is 6.00. The van der Waals surface area contributed by atoms with Crippen molar-refractivity contribution in [1.82, 2.24) is 4.98 Å². The van der Waals surface area contributed by atoms with E-state index in [1.807, 2.05) is 0 Å². The average molecular weight is 581 g/mol. The molecule has 40 heavy (non-hydrogen) atoms. The van der Waals surface area contributed by atoms with Crippen molar-refractivity contribution in [2.45, 2.75) is 9.79 Å². The van der Waals surface area contributed by atoms with Crippen LogP contribution in [-0.2, 0) is 24.8 Å². The number of hydrogen-bond acceptors (Lipinski definition) is 8. The second-order valence-corrected chi connectivity index (χ2v) is 12.1. The van der Waals surface area contributed by atoms with E-state index in [-0.39, 0.29) is 21.2 Å². The van der Waals surface area contributed by atoms with Crippen molar-refractivity contribution in [3.05, 3.63) is 97.3 Å². The smallest absolute Gasteiger partial charge is 0.264 e. The lowest BCUT2D eigenvalue weighted by atomic mass is 10.2. The fourth-order valence-corrected chi connectivity index (χ4v) is 6.38. The molecule has 0 atom stereocenters. The number of carbonyl (C=O) groups excluding carboxylic acids is 1. The molecule has 0 bridgehead atoms. The summed E-state index contributed by atoms with van der Waals surface area (Å²) in [6.07, 6.45) is 2.90. The minimum absolute atomic E-state index is 0.00775. The van der Waals surface area contributed by atoms with Crippen LogP contribution in [0.15, 0.2) is 107 Å². The Kier molecular flexibility index (Phi) is 7.58. The van der Waals surface area contributed by atoms with Gasteiger partial charge in [0.1, 0.15) is 19.8 Å². The van der Waals surface area contributed by atoms with E-state index in [0.29, 0.717) is 30.4 Å². The molecule has 0 saturated heterocycles. The van der Waals surface area contributed by atoms with Crippen LogP contribution in [-0.4, -0.2) is 47.5 Å². The summed E-state index contributed by atoms with van der Waals surface area (Å²) in [4.78, 5) is 16.9. The molecule has 5 rings (SSSR count). The van der Waals surface area contributed by atoms with Gasteiger partial charge in [0.15, 0.2) is 11.5 Å². The Morgan fingerprint density at radius 3 is 2.23 bits per heavy atom. The topological polar surface area (TPSA) is 144 Å². The Balaban J connectivity index is 1.36. The predicted octanol–water partition coefficient (Wildman–Crippen LogP) is 3.49. The highest BCUT2D eigenvalue weighted by Gasteiger charge is 2.28. The van der Waals surface area contributed by atoms with Crippen LogP contribution >= 0.6 is 0 Å². The van der Waals surface area contributed by atoms with Crippen LogP contribution < -0.4 is 23.8 Å². The molecule has 4 aromatic rings. The van der Waals surface area contributed by atoms with Gasteiger partial charge in [0.25, 0.3) is 20.0 Å². The number of ether oxygens (including phenoxy) is 2. The summed E-state index contributed by atoms with van der Waals surface area (Å²) < 4.78 is 67.0. The highest BCUT2D eigenvalue weighted by molar-refractivity contribution is 7.93. The van der Waals surface area contributed by atoms with Gasteiger partial charge in [-0.15, -0.1) is 0 Å². The molecule has 11 nitrogen and oxygen atoms in total. The first kappa shape index (κ1) is 27.0. The van der Waals surface area contributed by atoms with Crippen LogP contribution in [0.5, 0.6) is 11.5 Å². The number of amides is 1. The first-order valence-electron chi connectivity index (χ1n) is 12.0. The summed E-state index contributed by atoms with van der Waals surface area (Å²) in [6.45, 7) is 0.131. The zero-order valence-corrected chi connectivity index (χ0v) is 22.6. The third-order valence-corrected chi connectivity index (χ3v) is 8.98. The molecule has 0 aliphatic carbocycles. The number of rotatable bonds is 9. The van der Waals surface area contributed by atoms with E-state index < -0.39 is 32.5 Å². The number of fused-ring (bicyclic) bond motifs is 1. The molecule has 0 fully saturated rings. The van der Waals surface area contributed by atoms with Crippen LogP contribution in [0.2, 0.25) is 0 Å². The minimum Gasteiger partial charge on any atom is -0.486 e. The molecule has 0 radical (unpaired) electrons. The maximum absolute atomic E-state index is 13.6. The van der Waals surface area contributed by atoms with Crippen molar-refractivity contribution in [3.8, 4) is 11.5 Å². The predicted molar refractivity (Wildman–Crippen MR) is 149 cm³/mol. The molecule has 1 aromatic heterocycles. The van der Waals surface area contributed by atoms with Crippen LogP contribution in [0, 0.1) is 0 Å². The quantitative estimate of drug-likeness (QED) is 0.306. The highest BCUT2D eigenvalue weighted by Crippen LogP contribution is 2.35. The molecule has 1 amide bonds. The molecule has 0 unspecified atom stereocenters. The highest BCUT2D eigenvalue weighted by atomic mass is 32.2. The number of hydrogen-bond donors (Lipinski definition) is 2. The molecule has 13 heteroatoms. The number of pyridine rings is 1. The summed E-state index contributed by atoms with van der Waals surface area (Å²) >= 11 is 0. The molecule has 2 N–H and O–H groups in total. The lowest BCUT2D eigenvalue weighted by Crippen LogP contribution is -2.38. The summed E-state index contributed by atoms with van der Waals surface area (Å²) in [5, 5.41) is 2.63. The van der Waals surface area contributed by atoms with Gasteiger partial charge in [-0.3, -0.25) is 18.8 Å². The second-order valence-electron chi connectivity index (χ2n) is 8.57. The van der Waals surface area contributed by atoms with Gasteiger partial charge >= 0.3 is 0 Å². The van der Waals surface area contributed by atoms with Crippen LogP contribution in [0.1, 0.15) is 0 Å². The van der Waals surface area contributed by atoms with Crippen LogP contribution in [0.25, 0.3) is 0 Å². The maximum atomic E-state index is 13.6. The van der Waals surface area contributed by atoms with Crippen LogP contribution in [0.3, 0.4) is 0 Å². The lowest BCUT2D eigenvalue weighted by molar-refractivity contribution is -0.114. The largest absolute Gasteiger partial charge is 0.486 e. The molecule has 1 aliphatic heterocycles. The number of carbonyl (C=O) groups is 1. The zero-order valence-electron chi connectivity index (χ0n) is 20.9. The number of nitrogens with one attached hydrogen (secondary N) is 2. The van der Waals surface area contributed by atoms with E-state index in [9.17, 15) is 21.6 Å². The van der Waals surface area contributed by atoms with E-state index in [1.54, 1.807) is 36.4 Å². The van der Waals surface area contributed by atoms with Crippen molar-refractivity contribution in [2.24, 2.45) is 0 Å². The Bertz CT molecular complexity index is 1720. The molecule has 0 spiro atoms. The fraction of sp³-hybridized carbons (Fsp3) is 0.111. The van der Waals surface area contributed by atoms with Crippen molar-refractivity contribution >= 4 is 43.0 Å². The molecule has 1 aliphatic rings. The van der Waals surface area contributed by atoms with E-state index in [0.717, 1.165) is 4.31 Å². The first-order chi connectivity index (χ1) is 19.2. The van der Waals surface area contributed by atoms with Gasteiger partial charge in [-0.2, -0.15) is 0 Å². The second kappa shape index (κ2) is 11.2. The monoisotopic (exact) mass is 580 g/mol. The third-order valence-electron chi connectivity index (χ3n) is 5.79. The molecular formula is C27H24N4O7S2. The molecular weight excluding hydrogens is 556 g/mol. The summed E-state index contributed by atoms with van der Waals surface area (Å²) in [5.74, 6) is 0.206. The average Bonchev–Trinajstić information content (AvgIpc) is 2.96. The number of sulfonamides is 2. The van der Waals surface area contributed by atoms with Crippen molar-refractivity contribution in [2.75, 3.05) is 34.1 Å². The normalized spacial score (nSPS) is 12.8. The Hall–Kier alpha value is -4.62. The molecule has 3 aromatic carbocycles. The van der Waals surface area contributed by atoms with Gasteiger partial charge in [-0.25, -0.2) is 16.8 Å². The molecule has 2 heterocycles. The van der Waals surface area contributed by atoms with E-state index in [4.69, 9.17) is 9.47 Å². The number of benzene rings is 3. The zero-order chi connectivity index (χ0) is 28.2. The van der Waals surface area contributed by atoms with E-state index in [2.05, 4.69) is 15.0 Å². The summed E-state index contributed by atoms with van der Waals surface area (Å²) in [6, 6.07) is 21.0. The fourth-order valence-electron chi connectivity index (χ4n) is 3.91. The van der Waals surface area contributed by atoms with Gasteiger partial charge in [0, 0.05) is 18.0 Å². The number of aromatic nitrogens is 1. The van der Waals surface area contributed by atoms with Gasteiger partial charge in [-0.05, 0) is 60.7 Å². The number of nitrogens with zero attached hydrogens (tertiary/aromatic N) is 2. The summed E-state index contributed by atoms with van der Waals surface area (Å²) in [7, 11) is -8.02. The Morgan fingerprint density at radius 2 is 1.52 bits per heavy atom. The van der Waals surface area contributed by atoms with E-state index in [1.165, 1.54) is 60.9 Å². The number of anilines is 3. The van der Waals surface area contributed by atoms with Gasteiger partial charge in [-0.1, -0.05) is 18.2 Å². The maximum Gasteiger partial charge on any atom is 0.264 e. The SMILES string of the molecule is O=C(CN(c1ccc2c(c1)OCCO2)S(=O)(=O)c1ccccc1)Nc1ccc(S(=O)(=O)Nc2cccnc2)cc1. The van der Waals surface area contributed by atoms with Crippen LogP contribution in [0.4, 0.5) is 17.1 Å². The Labute approximate surface area is 231 Å². The van der Waals surface area contributed by atoms with E-state index >= 15 is 0 Å². The van der Waals surface area contributed by atoms with Crippen molar-refractivity contribution in [3.63, 3.8) is 0 Å². The lowest BCUT2D eigenvalue weighted by Gasteiger charge is -2.26. The molecule has 206 valence electrons. The van der Waals surface area contributed by atoms with Crippen molar-refractivity contribution in [1.29, 1.82) is 0 Å². The van der Waals surface area contributed by atoms with Gasteiger partial charge in [0.05, 0.1) is 27.4 Å². The van der Waals surface area contributed by atoms with Gasteiger partial charge < -0.3 is 14.8 Å².